The third kappa shape index (κ3) is 2.72. The van der Waals surface area contributed by atoms with Crippen molar-refractivity contribution in [2.75, 3.05) is 0 Å². The number of alkyl halides is 1. The predicted octanol–water partition coefficient (Wildman–Crippen LogP) is 3.93. The van der Waals surface area contributed by atoms with Crippen LogP contribution in [0.5, 0.6) is 0 Å². The zero-order chi connectivity index (χ0) is 8.70. The highest BCUT2D eigenvalue weighted by atomic mass is 127. The summed E-state index contributed by atoms with van der Waals surface area (Å²) in [5.74, 6) is 1.00. The molecule has 0 nitrogen and oxygen atoms in total. The molecule has 1 aliphatic rings. The zero-order valence-electron chi connectivity index (χ0n) is 8.08. The van der Waals surface area contributed by atoms with Gasteiger partial charge in [-0.15, -0.1) is 0 Å². The van der Waals surface area contributed by atoms with Gasteiger partial charge in [0.25, 0.3) is 0 Å². The molecule has 0 aromatic carbocycles. The topological polar surface area (TPSA) is 0 Å². The molecule has 1 atom stereocenters. The average Bonchev–Trinajstić information content (AvgIpc) is 2.07. The lowest BCUT2D eigenvalue weighted by Crippen LogP contribution is -2.25. The maximum absolute atomic E-state index is 2.62. The fourth-order valence-corrected chi connectivity index (χ4v) is 6.35. The van der Waals surface area contributed by atoms with E-state index in [1.807, 2.05) is 0 Å². The van der Waals surface area contributed by atoms with Gasteiger partial charge in [-0.1, -0.05) is 68.0 Å². The highest BCUT2D eigenvalue weighted by Crippen LogP contribution is 2.44. The quantitative estimate of drug-likeness (QED) is 0.388. The Morgan fingerprint density at radius 3 is 2.09 bits per heavy atom. The monoisotopic (exact) mass is 282 g/mol. The van der Waals surface area contributed by atoms with Crippen LogP contribution in [0.4, 0.5) is 0 Å². The second kappa shape index (κ2) is 3.02. The van der Waals surface area contributed by atoms with Gasteiger partial charge in [-0.3, -0.25) is 0 Å². The van der Waals surface area contributed by atoms with Crippen LogP contribution in [0.1, 0.15) is 20.3 Å². The molecular weight excluding hydrogens is 263 g/mol. The van der Waals surface area contributed by atoms with E-state index < -0.39 is 8.07 Å². The normalized spacial score (nSPS) is 30.8. The largest absolute Gasteiger partial charge is 0.0792 e. The lowest BCUT2D eigenvalue weighted by molar-refractivity contribution is 0.487. The Morgan fingerprint density at radius 1 is 1.36 bits per heavy atom. The van der Waals surface area contributed by atoms with Crippen LogP contribution in [0.2, 0.25) is 25.2 Å². The number of hydrogen-bond donors (Lipinski definition) is 0. The van der Waals surface area contributed by atoms with Crippen molar-refractivity contribution < 1.29 is 0 Å². The van der Waals surface area contributed by atoms with Gasteiger partial charge in [0.2, 0.25) is 0 Å². The van der Waals surface area contributed by atoms with E-state index in [4.69, 9.17) is 0 Å². The minimum absolute atomic E-state index is 0.540. The molecule has 1 fully saturated rings. The molecule has 0 bridgehead atoms. The molecular formula is C9H19ISi. The van der Waals surface area contributed by atoms with Gasteiger partial charge in [0.05, 0.1) is 0 Å². The van der Waals surface area contributed by atoms with Gasteiger partial charge in [0.15, 0.2) is 0 Å². The first kappa shape index (κ1) is 10.0. The Labute approximate surface area is 85.3 Å². The molecule has 1 saturated heterocycles. The lowest BCUT2D eigenvalue weighted by Gasteiger charge is -2.26. The van der Waals surface area contributed by atoms with E-state index in [0.717, 1.165) is 5.92 Å². The first-order valence-corrected chi connectivity index (χ1v) is 8.99. The molecule has 0 N–H and O–H groups in total. The summed E-state index contributed by atoms with van der Waals surface area (Å²) in [4.78, 5) is 0. The van der Waals surface area contributed by atoms with E-state index in [1.165, 1.54) is 6.42 Å². The van der Waals surface area contributed by atoms with Crippen LogP contribution in [-0.4, -0.2) is 11.5 Å². The van der Waals surface area contributed by atoms with E-state index in [-0.39, 0.29) is 0 Å². The minimum Gasteiger partial charge on any atom is -0.0792 e. The standard InChI is InChI=1S/C9H19ISi/c1-9(2,10)8-5-6-11(3,4)7-8/h8H,5-7H2,1-4H3. The van der Waals surface area contributed by atoms with Gasteiger partial charge in [-0.25, -0.2) is 0 Å². The summed E-state index contributed by atoms with van der Waals surface area (Å²) in [5.41, 5.74) is 0. The summed E-state index contributed by atoms with van der Waals surface area (Å²) in [6, 6.07) is 3.12. The molecule has 0 aromatic rings. The van der Waals surface area contributed by atoms with Crippen molar-refractivity contribution in [3.8, 4) is 0 Å². The van der Waals surface area contributed by atoms with Gasteiger partial charge in [0, 0.05) is 11.5 Å². The average molecular weight is 282 g/mol. The van der Waals surface area contributed by atoms with Crippen LogP contribution in [0.3, 0.4) is 0 Å². The Kier molecular flexibility index (Phi) is 2.75. The zero-order valence-corrected chi connectivity index (χ0v) is 11.2. The second-order valence-corrected chi connectivity index (χ2v) is 13.2. The molecule has 0 aromatic heterocycles. The highest BCUT2D eigenvalue weighted by Gasteiger charge is 2.39. The molecule has 2 heteroatoms. The third-order valence-corrected chi connectivity index (χ3v) is 7.06. The fraction of sp³-hybridized carbons (Fsp3) is 1.00. The summed E-state index contributed by atoms with van der Waals surface area (Å²) in [6.45, 7) is 9.84. The van der Waals surface area contributed by atoms with Crippen molar-refractivity contribution in [3.63, 3.8) is 0 Å². The fourth-order valence-electron chi connectivity index (χ4n) is 2.02. The predicted molar refractivity (Wildman–Crippen MR) is 63.3 cm³/mol. The van der Waals surface area contributed by atoms with Crippen molar-refractivity contribution >= 4 is 30.7 Å². The van der Waals surface area contributed by atoms with Crippen LogP contribution in [0.25, 0.3) is 0 Å². The molecule has 1 unspecified atom stereocenters. The van der Waals surface area contributed by atoms with Crippen LogP contribution in [-0.2, 0) is 0 Å². The molecule has 1 rings (SSSR count). The SMILES string of the molecule is CC(C)(I)C1CC[Si](C)(C)C1. The van der Waals surface area contributed by atoms with Crippen LogP contribution in [0.15, 0.2) is 0 Å². The Balaban J connectivity index is 2.55. The maximum Gasteiger partial charge on any atom is 0.0477 e. The summed E-state index contributed by atoms with van der Waals surface area (Å²) < 4.78 is 0.540. The van der Waals surface area contributed by atoms with Crippen molar-refractivity contribution in [1.29, 1.82) is 0 Å². The molecule has 0 spiro atoms. The summed E-state index contributed by atoms with van der Waals surface area (Å²) in [7, 11) is -0.718. The number of rotatable bonds is 1. The van der Waals surface area contributed by atoms with Crippen molar-refractivity contribution in [3.05, 3.63) is 0 Å². The lowest BCUT2D eigenvalue weighted by atomic mass is 9.96. The van der Waals surface area contributed by atoms with E-state index >= 15 is 0 Å². The second-order valence-electron chi connectivity index (χ2n) is 5.17. The Bertz CT molecular complexity index is 146. The van der Waals surface area contributed by atoms with E-state index in [1.54, 1.807) is 12.1 Å². The minimum atomic E-state index is -0.718. The van der Waals surface area contributed by atoms with E-state index in [2.05, 4.69) is 49.5 Å². The van der Waals surface area contributed by atoms with E-state index in [9.17, 15) is 0 Å². The van der Waals surface area contributed by atoms with Crippen molar-refractivity contribution in [2.24, 2.45) is 5.92 Å². The van der Waals surface area contributed by atoms with Gasteiger partial charge < -0.3 is 0 Å². The Morgan fingerprint density at radius 2 is 1.91 bits per heavy atom. The third-order valence-electron chi connectivity index (χ3n) is 2.94. The molecule has 0 aliphatic carbocycles. The smallest absolute Gasteiger partial charge is 0.0477 e. The molecule has 1 heterocycles. The van der Waals surface area contributed by atoms with Crippen LogP contribution in [0, 0.1) is 5.92 Å². The van der Waals surface area contributed by atoms with Crippen LogP contribution >= 0.6 is 22.6 Å². The number of hydrogen-bond acceptors (Lipinski definition) is 0. The number of halogens is 1. The highest BCUT2D eigenvalue weighted by molar-refractivity contribution is 14.1. The molecule has 0 radical (unpaired) electrons. The van der Waals surface area contributed by atoms with Crippen LogP contribution < -0.4 is 0 Å². The summed E-state index contributed by atoms with van der Waals surface area (Å²) >= 11 is 2.62. The van der Waals surface area contributed by atoms with Gasteiger partial charge >= 0.3 is 0 Å². The Hall–Kier alpha value is 0.947. The molecule has 66 valence electrons. The van der Waals surface area contributed by atoms with E-state index in [0.29, 0.717) is 3.42 Å². The van der Waals surface area contributed by atoms with Crippen molar-refractivity contribution in [2.45, 2.75) is 48.9 Å². The molecule has 0 amide bonds. The van der Waals surface area contributed by atoms with Gasteiger partial charge in [0.1, 0.15) is 0 Å². The first-order valence-electron chi connectivity index (χ1n) is 4.50. The molecule has 0 saturated carbocycles. The van der Waals surface area contributed by atoms with Gasteiger partial charge in [-0.2, -0.15) is 0 Å². The molecule has 11 heavy (non-hydrogen) atoms. The first-order chi connectivity index (χ1) is 4.81. The van der Waals surface area contributed by atoms with Crippen molar-refractivity contribution in [1.82, 2.24) is 0 Å². The summed E-state index contributed by atoms with van der Waals surface area (Å²) in [5, 5.41) is 0. The summed E-state index contributed by atoms with van der Waals surface area (Å²) in [6.07, 6.45) is 1.50. The maximum atomic E-state index is 2.62. The molecule has 1 aliphatic heterocycles. The van der Waals surface area contributed by atoms with Gasteiger partial charge in [-0.05, 0) is 5.92 Å².